The van der Waals surface area contributed by atoms with Gasteiger partial charge in [-0.25, -0.2) is 13.1 Å². The summed E-state index contributed by atoms with van der Waals surface area (Å²) in [4.78, 5) is 22.9. The first-order valence-corrected chi connectivity index (χ1v) is 8.99. The van der Waals surface area contributed by atoms with Crippen molar-refractivity contribution >= 4 is 33.2 Å². The average Bonchev–Trinajstić information content (AvgIpc) is 2.55. The van der Waals surface area contributed by atoms with Gasteiger partial charge in [0.2, 0.25) is 21.8 Å². The van der Waals surface area contributed by atoms with Gasteiger partial charge in [-0.15, -0.1) is 0 Å². The van der Waals surface area contributed by atoms with Gasteiger partial charge in [0, 0.05) is 18.3 Å². The second-order valence-corrected chi connectivity index (χ2v) is 7.16. The van der Waals surface area contributed by atoms with E-state index in [9.17, 15) is 18.0 Å². The molecular weight excluding hydrogens is 342 g/mol. The summed E-state index contributed by atoms with van der Waals surface area (Å²) in [5.41, 5.74) is 2.00. The van der Waals surface area contributed by atoms with Crippen molar-refractivity contribution in [3.05, 3.63) is 54.1 Å². The number of nitrogens with one attached hydrogen (secondary N) is 3. The third-order valence-electron chi connectivity index (χ3n) is 3.33. The van der Waals surface area contributed by atoms with E-state index in [-0.39, 0.29) is 17.3 Å². The highest BCUT2D eigenvalue weighted by atomic mass is 32.2. The van der Waals surface area contributed by atoms with Crippen molar-refractivity contribution in [2.24, 2.45) is 0 Å². The number of aryl methyl sites for hydroxylation is 1. The Morgan fingerprint density at radius 3 is 2.20 bits per heavy atom. The molecule has 0 saturated heterocycles. The molecule has 0 spiro atoms. The monoisotopic (exact) mass is 361 g/mol. The first-order chi connectivity index (χ1) is 11.8. The molecule has 0 aromatic heterocycles. The van der Waals surface area contributed by atoms with Crippen LogP contribution in [0.4, 0.5) is 11.4 Å². The molecule has 2 amide bonds. The number of amides is 2. The van der Waals surface area contributed by atoms with Crippen LogP contribution in [0.5, 0.6) is 0 Å². The predicted octanol–water partition coefficient (Wildman–Crippen LogP) is 1.87. The van der Waals surface area contributed by atoms with Gasteiger partial charge in [0.05, 0.1) is 11.4 Å². The molecule has 0 heterocycles. The maximum atomic E-state index is 12.2. The fraction of sp³-hybridized carbons (Fsp3) is 0.176. The number of hydrogen-bond donors (Lipinski definition) is 3. The Kier molecular flexibility index (Phi) is 5.89. The lowest BCUT2D eigenvalue weighted by Gasteiger charge is -2.10. The molecule has 0 fully saturated rings. The third-order valence-corrected chi connectivity index (χ3v) is 4.74. The van der Waals surface area contributed by atoms with Gasteiger partial charge in [-0.3, -0.25) is 9.59 Å². The molecule has 8 heteroatoms. The molecule has 132 valence electrons. The number of carbonyl (C=O) groups is 2. The van der Waals surface area contributed by atoms with Crippen molar-refractivity contribution in [2.45, 2.75) is 18.7 Å². The average molecular weight is 361 g/mol. The summed E-state index contributed by atoms with van der Waals surface area (Å²) in [6.45, 7) is 2.82. The van der Waals surface area contributed by atoms with Gasteiger partial charge in [0.25, 0.3) is 0 Å². The molecule has 3 N–H and O–H groups in total. The summed E-state index contributed by atoms with van der Waals surface area (Å²) in [6, 6.07) is 12.9. The highest BCUT2D eigenvalue weighted by Gasteiger charge is 2.16. The molecule has 0 radical (unpaired) electrons. The summed E-state index contributed by atoms with van der Waals surface area (Å²) < 4.78 is 26.7. The summed E-state index contributed by atoms with van der Waals surface area (Å²) in [6.07, 6.45) is 0. The molecule has 2 rings (SSSR count). The van der Waals surface area contributed by atoms with Gasteiger partial charge in [-0.1, -0.05) is 18.2 Å². The lowest BCUT2D eigenvalue weighted by atomic mass is 10.2. The van der Waals surface area contributed by atoms with E-state index in [1.165, 1.54) is 31.2 Å². The SMILES string of the molecule is CC(=O)Nc1ccc(S(=O)(=O)NCC(=O)Nc2ccccc2C)cc1. The number of benzene rings is 2. The first-order valence-electron chi connectivity index (χ1n) is 7.51. The van der Waals surface area contributed by atoms with Crippen LogP contribution in [0, 0.1) is 6.92 Å². The topological polar surface area (TPSA) is 104 Å². The van der Waals surface area contributed by atoms with Crippen LogP contribution in [-0.2, 0) is 19.6 Å². The van der Waals surface area contributed by atoms with Gasteiger partial charge in [-0.2, -0.15) is 0 Å². The van der Waals surface area contributed by atoms with Crippen LogP contribution in [0.3, 0.4) is 0 Å². The summed E-state index contributed by atoms with van der Waals surface area (Å²) in [7, 11) is -3.83. The third kappa shape index (κ3) is 5.40. The summed E-state index contributed by atoms with van der Waals surface area (Å²) in [5, 5.41) is 5.20. The van der Waals surface area contributed by atoms with E-state index in [2.05, 4.69) is 15.4 Å². The highest BCUT2D eigenvalue weighted by molar-refractivity contribution is 7.89. The van der Waals surface area contributed by atoms with Crippen LogP contribution >= 0.6 is 0 Å². The summed E-state index contributed by atoms with van der Waals surface area (Å²) >= 11 is 0. The van der Waals surface area contributed by atoms with Crippen molar-refractivity contribution < 1.29 is 18.0 Å². The van der Waals surface area contributed by atoms with E-state index in [1.807, 2.05) is 19.1 Å². The Hall–Kier alpha value is -2.71. The molecule has 0 bridgehead atoms. The van der Waals surface area contributed by atoms with E-state index in [0.717, 1.165) is 5.56 Å². The molecule has 0 aliphatic rings. The maximum Gasteiger partial charge on any atom is 0.241 e. The smallest absolute Gasteiger partial charge is 0.241 e. The zero-order valence-corrected chi connectivity index (χ0v) is 14.7. The number of rotatable bonds is 6. The minimum atomic E-state index is -3.83. The standard InChI is InChI=1S/C17H19N3O4S/c1-12-5-3-4-6-16(12)20-17(22)11-18-25(23,24)15-9-7-14(8-10-15)19-13(2)21/h3-10,18H,11H2,1-2H3,(H,19,21)(H,20,22). The molecule has 0 unspecified atom stereocenters. The largest absolute Gasteiger partial charge is 0.326 e. The van der Waals surface area contributed by atoms with Crippen molar-refractivity contribution in [3.63, 3.8) is 0 Å². The Morgan fingerprint density at radius 1 is 0.960 bits per heavy atom. The zero-order chi connectivity index (χ0) is 18.4. The van der Waals surface area contributed by atoms with Crippen molar-refractivity contribution in [1.29, 1.82) is 0 Å². The van der Waals surface area contributed by atoms with Gasteiger partial charge >= 0.3 is 0 Å². The van der Waals surface area contributed by atoms with Crippen molar-refractivity contribution in [3.8, 4) is 0 Å². The Balaban J connectivity index is 1.98. The lowest BCUT2D eigenvalue weighted by Crippen LogP contribution is -2.33. The van der Waals surface area contributed by atoms with E-state index in [0.29, 0.717) is 11.4 Å². The second kappa shape index (κ2) is 7.91. The Labute approximate surface area is 146 Å². The number of para-hydroxylation sites is 1. The van der Waals surface area contributed by atoms with Crippen molar-refractivity contribution in [1.82, 2.24) is 4.72 Å². The van der Waals surface area contributed by atoms with E-state index < -0.39 is 15.9 Å². The first kappa shape index (κ1) is 18.6. The number of sulfonamides is 1. The minimum absolute atomic E-state index is 0.00490. The maximum absolute atomic E-state index is 12.2. The van der Waals surface area contributed by atoms with Gasteiger partial charge < -0.3 is 10.6 Å². The molecular formula is C17H19N3O4S. The molecule has 25 heavy (non-hydrogen) atoms. The van der Waals surface area contributed by atoms with Crippen LogP contribution in [0.15, 0.2) is 53.4 Å². The van der Waals surface area contributed by atoms with E-state index in [1.54, 1.807) is 12.1 Å². The van der Waals surface area contributed by atoms with E-state index in [4.69, 9.17) is 0 Å². The van der Waals surface area contributed by atoms with Gasteiger partial charge in [0.1, 0.15) is 0 Å². The Morgan fingerprint density at radius 2 is 1.60 bits per heavy atom. The molecule has 0 atom stereocenters. The normalized spacial score (nSPS) is 11.0. The molecule has 0 aliphatic heterocycles. The minimum Gasteiger partial charge on any atom is -0.326 e. The number of anilines is 2. The zero-order valence-electron chi connectivity index (χ0n) is 13.9. The fourth-order valence-electron chi connectivity index (χ4n) is 2.07. The van der Waals surface area contributed by atoms with Crippen molar-refractivity contribution in [2.75, 3.05) is 17.2 Å². The highest BCUT2D eigenvalue weighted by Crippen LogP contribution is 2.15. The molecule has 2 aromatic rings. The van der Waals surface area contributed by atoms with Crippen LogP contribution < -0.4 is 15.4 Å². The predicted molar refractivity (Wildman–Crippen MR) is 95.7 cm³/mol. The van der Waals surface area contributed by atoms with E-state index >= 15 is 0 Å². The number of hydrogen-bond acceptors (Lipinski definition) is 4. The van der Waals surface area contributed by atoms with Gasteiger partial charge in [-0.05, 0) is 42.8 Å². The second-order valence-electron chi connectivity index (χ2n) is 5.39. The lowest BCUT2D eigenvalue weighted by molar-refractivity contribution is -0.115. The Bertz CT molecular complexity index is 877. The quantitative estimate of drug-likeness (QED) is 0.730. The molecule has 0 aliphatic carbocycles. The van der Waals surface area contributed by atoms with Crippen LogP contribution in [0.2, 0.25) is 0 Å². The summed E-state index contributed by atoms with van der Waals surface area (Å²) in [5.74, 6) is -0.714. The van der Waals surface area contributed by atoms with Crippen LogP contribution in [0.25, 0.3) is 0 Å². The van der Waals surface area contributed by atoms with Gasteiger partial charge in [0.15, 0.2) is 0 Å². The van der Waals surface area contributed by atoms with Crippen LogP contribution in [-0.4, -0.2) is 26.8 Å². The fourth-order valence-corrected chi connectivity index (χ4v) is 3.05. The van der Waals surface area contributed by atoms with Crippen LogP contribution in [0.1, 0.15) is 12.5 Å². The molecule has 0 saturated carbocycles. The molecule has 7 nitrogen and oxygen atoms in total. The number of carbonyl (C=O) groups excluding carboxylic acids is 2. The molecule has 2 aromatic carbocycles.